The molecule has 24 heavy (non-hydrogen) atoms. The first kappa shape index (κ1) is 18.5. The Morgan fingerprint density at radius 3 is 2.62 bits per heavy atom. The second kappa shape index (κ2) is 8.86. The molecule has 4 heteroatoms. The second-order valence-corrected chi connectivity index (χ2v) is 6.93. The maximum absolute atomic E-state index is 12.6. The van der Waals surface area contributed by atoms with Crippen molar-refractivity contribution in [1.29, 1.82) is 0 Å². The molecule has 0 aromatic heterocycles. The van der Waals surface area contributed by atoms with Crippen LogP contribution in [0, 0.1) is 6.92 Å². The summed E-state index contributed by atoms with van der Waals surface area (Å²) in [6, 6.07) is 7.97. The summed E-state index contributed by atoms with van der Waals surface area (Å²) in [5, 5.41) is 3.12. The van der Waals surface area contributed by atoms with E-state index < -0.39 is 6.04 Å². The number of benzene rings is 1. The molecule has 4 nitrogen and oxygen atoms in total. The smallest absolute Gasteiger partial charge is 0.242 e. The molecule has 1 saturated carbocycles. The Balaban J connectivity index is 2.08. The van der Waals surface area contributed by atoms with Gasteiger partial charge >= 0.3 is 0 Å². The predicted octanol–water partition coefficient (Wildman–Crippen LogP) is 3.57. The lowest BCUT2D eigenvalue weighted by Gasteiger charge is -2.29. The van der Waals surface area contributed by atoms with Crippen LogP contribution in [0.4, 0.5) is 0 Å². The minimum atomic E-state index is -0.440. The number of aryl methyl sites for hydroxylation is 1. The average Bonchev–Trinajstić information content (AvgIpc) is 3.05. The lowest BCUT2D eigenvalue weighted by atomic mass is 10.1. The fourth-order valence-corrected chi connectivity index (χ4v) is 3.34. The van der Waals surface area contributed by atoms with Gasteiger partial charge in [-0.25, -0.2) is 0 Å². The van der Waals surface area contributed by atoms with E-state index in [9.17, 15) is 9.59 Å². The molecule has 1 aliphatic rings. The number of hydrogen-bond acceptors (Lipinski definition) is 2. The largest absolute Gasteiger partial charge is 0.352 e. The number of carbonyl (C=O) groups is 2. The van der Waals surface area contributed by atoms with Gasteiger partial charge in [-0.05, 0) is 38.7 Å². The van der Waals surface area contributed by atoms with Crippen LogP contribution in [-0.4, -0.2) is 28.8 Å². The zero-order valence-electron chi connectivity index (χ0n) is 15.2. The highest BCUT2D eigenvalue weighted by atomic mass is 16.2. The first-order valence-corrected chi connectivity index (χ1v) is 9.16. The van der Waals surface area contributed by atoms with Gasteiger partial charge in [0.2, 0.25) is 11.8 Å². The van der Waals surface area contributed by atoms with E-state index >= 15 is 0 Å². The minimum Gasteiger partial charge on any atom is -0.352 e. The summed E-state index contributed by atoms with van der Waals surface area (Å²) in [7, 11) is 0. The first-order chi connectivity index (χ1) is 11.5. The van der Waals surface area contributed by atoms with Crippen molar-refractivity contribution < 1.29 is 9.59 Å². The van der Waals surface area contributed by atoms with E-state index in [0.29, 0.717) is 13.0 Å². The quantitative estimate of drug-likeness (QED) is 0.831. The summed E-state index contributed by atoms with van der Waals surface area (Å²) in [5.74, 6) is 0.0204. The summed E-state index contributed by atoms with van der Waals surface area (Å²) < 4.78 is 0. The lowest BCUT2D eigenvalue weighted by molar-refractivity contribution is -0.140. The molecule has 0 radical (unpaired) electrons. The molecule has 132 valence electrons. The summed E-state index contributed by atoms with van der Waals surface area (Å²) in [5.41, 5.74) is 2.23. The van der Waals surface area contributed by atoms with Crippen LogP contribution >= 0.6 is 0 Å². The third-order valence-corrected chi connectivity index (χ3v) is 4.77. The molecule has 0 bridgehead atoms. The fourth-order valence-electron chi connectivity index (χ4n) is 3.34. The Morgan fingerprint density at radius 1 is 1.29 bits per heavy atom. The van der Waals surface area contributed by atoms with E-state index in [2.05, 4.69) is 11.4 Å². The van der Waals surface area contributed by atoms with Gasteiger partial charge in [0.25, 0.3) is 0 Å². The first-order valence-electron chi connectivity index (χ1n) is 9.16. The van der Waals surface area contributed by atoms with Gasteiger partial charge in [0.15, 0.2) is 0 Å². The molecule has 0 heterocycles. The highest BCUT2D eigenvalue weighted by Crippen LogP contribution is 2.19. The van der Waals surface area contributed by atoms with Gasteiger partial charge < -0.3 is 10.2 Å². The summed E-state index contributed by atoms with van der Waals surface area (Å²) in [6.07, 6.45) is 5.74. The van der Waals surface area contributed by atoms with Crippen molar-refractivity contribution in [2.75, 3.05) is 0 Å². The van der Waals surface area contributed by atoms with Crippen LogP contribution in [0.25, 0.3) is 0 Å². The Morgan fingerprint density at radius 2 is 2.00 bits per heavy atom. The van der Waals surface area contributed by atoms with Crippen LogP contribution in [0.2, 0.25) is 0 Å². The molecule has 1 N–H and O–H groups in total. The van der Waals surface area contributed by atoms with Crippen molar-refractivity contribution in [2.24, 2.45) is 0 Å². The number of nitrogens with one attached hydrogen (secondary N) is 1. The van der Waals surface area contributed by atoms with Crippen LogP contribution in [0.15, 0.2) is 24.3 Å². The minimum absolute atomic E-state index is 0.0287. The molecule has 1 aromatic rings. The third-order valence-electron chi connectivity index (χ3n) is 4.77. The SMILES string of the molecule is CCCC(=O)N(Cc1cccc(C)c1)[C@H](C)C(=O)NC1CCCC1. The predicted molar refractivity (Wildman–Crippen MR) is 96.5 cm³/mol. The standard InChI is InChI=1S/C20H30N2O2/c1-4-8-19(23)22(14-17-10-7-9-15(2)13-17)16(3)20(24)21-18-11-5-6-12-18/h7,9-10,13,16,18H,4-6,8,11-12,14H2,1-3H3,(H,21,24)/t16-/m1/s1. The Hall–Kier alpha value is -1.84. The van der Waals surface area contributed by atoms with E-state index in [4.69, 9.17) is 0 Å². The maximum Gasteiger partial charge on any atom is 0.242 e. The Labute approximate surface area is 145 Å². The molecule has 0 aliphatic heterocycles. The number of amides is 2. The Kier molecular flexibility index (Phi) is 6.83. The molecule has 1 atom stereocenters. The topological polar surface area (TPSA) is 49.4 Å². The normalized spacial score (nSPS) is 16.0. The van der Waals surface area contributed by atoms with E-state index in [1.807, 2.05) is 39.0 Å². The summed E-state index contributed by atoms with van der Waals surface area (Å²) in [4.78, 5) is 26.9. The van der Waals surface area contributed by atoms with Crippen molar-refractivity contribution in [3.63, 3.8) is 0 Å². The molecule has 0 unspecified atom stereocenters. The summed E-state index contributed by atoms with van der Waals surface area (Å²) in [6.45, 7) is 6.36. The third kappa shape index (κ3) is 5.08. The molecule has 0 saturated heterocycles. The van der Waals surface area contributed by atoms with Crippen molar-refractivity contribution >= 4 is 11.8 Å². The maximum atomic E-state index is 12.6. The van der Waals surface area contributed by atoms with E-state index in [1.165, 1.54) is 18.4 Å². The number of rotatable bonds is 7. The van der Waals surface area contributed by atoms with E-state index in [1.54, 1.807) is 4.90 Å². The van der Waals surface area contributed by atoms with Gasteiger partial charge in [0.1, 0.15) is 6.04 Å². The van der Waals surface area contributed by atoms with Gasteiger partial charge in [0, 0.05) is 19.0 Å². The molecule has 1 aromatic carbocycles. The molecule has 2 rings (SSSR count). The van der Waals surface area contributed by atoms with E-state index in [0.717, 1.165) is 24.8 Å². The average molecular weight is 330 g/mol. The number of nitrogens with zero attached hydrogens (tertiary/aromatic N) is 1. The van der Waals surface area contributed by atoms with Gasteiger partial charge in [-0.15, -0.1) is 0 Å². The van der Waals surface area contributed by atoms with Gasteiger partial charge in [-0.1, -0.05) is 49.6 Å². The van der Waals surface area contributed by atoms with Crippen LogP contribution in [0.3, 0.4) is 0 Å². The zero-order valence-corrected chi connectivity index (χ0v) is 15.2. The summed E-state index contributed by atoms with van der Waals surface area (Å²) >= 11 is 0. The zero-order chi connectivity index (χ0) is 17.5. The second-order valence-electron chi connectivity index (χ2n) is 6.93. The fraction of sp³-hybridized carbons (Fsp3) is 0.600. The van der Waals surface area contributed by atoms with Gasteiger partial charge in [-0.3, -0.25) is 9.59 Å². The van der Waals surface area contributed by atoms with Gasteiger partial charge in [0.05, 0.1) is 0 Å². The highest BCUT2D eigenvalue weighted by Gasteiger charge is 2.27. The van der Waals surface area contributed by atoms with Crippen LogP contribution < -0.4 is 5.32 Å². The van der Waals surface area contributed by atoms with Crippen LogP contribution in [0.5, 0.6) is 0 Å². The molecule has 1 fully saturated rings. The molecule has 2 amide bonds. The lowest BCUT2D eigenvalue weighted by Crippen LogP contribution is -2.49. The Bertz CT molecular complexity index is 565. The van der Waals surface area contributed by atoms with E-state index in [-0.39, 0.29) is 17.9 Å². The molecular weight excluding hydrogens is 300 g/mol. The molecular formula is C20H30N2O2. The number of carbonyl (C=O) groups excluding carboxylic acids is 2. The van der Waals surface area contributed by atoms with Crippen molar-refractivity contribution in [2.45, 2.75) is 77.9 Å². The van der Waals surface area contributed by atoms with Crippen LogP contribution in [0.1, 0.15) is 63.5 Å². The van der Waals surface area contributed by atoms with Crippen molar-refractivity contribution in [3.8, 4) is 0 Å². The monoisotopic (exact) mass is 330 g/mol. The van der Waals surface area contributed by atoms with Crippen molar-refractivity contribution in [1.82, 2.24) is 10.2 Å². The highest BCUT2D eigenvalue weighted by molar-refractivity contribution is 5.87. The number of hydrogen-bond donors (Lipinski definition) is 1. The van der Waals surface area contributed by atoms with Crippen LogP contribution in [-0.2, 0) is 16.1 Å². The van der Waals surface area contributed by atoms with Crippen molar-refractivity contribution in [3.05, 3.63) is 35.4 Å². The van der Waals surface area contributed by atoms with Gasteiger partial charge in [-0.2, -0.15) is 0 Å². The molecule has 0 spiro atoms. The molecule has 1 aliphatic carbocycles.